The summed E-state index contributed by atoms with van der Waals surface area (Å²) in [6.07, 6.45) is 0. The summed E-state index contributed by atoms with van der Waals surface area (Å²) in [5.74, 6) is 0.783. The second-order valence-corrected chi connectivity index (χ2v) is 6.32. The van der Waals surface area contributed by atoms with Crippen molar-refractivity contribution in [3.63, 3.8) is 0 Å². The molecule has 0 amide bonds. The average molecular weight is 336 g/mol. The van der Waals surface area contributed by atoms with Gasteiger partial charge in [-0.25, -0.2) is 4.98 Å². The molecule has 2 aromatic heterocycles. The maximum Gasteiger partial charge on any atom is 0.139 e. The van der Waals surface area contributed by atoms with Gasteiger partial charge in [-0.15, -0.1) is 0 Å². The van der Waals surface area contributed by atoms with Crippen molar-refractivity contribution in [2.75, 3.05) is 5.32 Å². The van der Waals surface area contributed by atoms with Crippen LogP contribution in [-0.2, 0) is 0 Å². The number of nitrogens with one attached hydrogen (secondary N) is 1. The first-order valence-electron chi connectivity index (χ1n) is 6.97. The van der Waals surface area contributed by atoms with Crippen molar-refractivity contribution in [2.24, 2.45) is 0 Å². The van der Waals surface area contributed by atoms with E-state index in [0.29, 0.717) is 10.6 Å². The predicted octanol–water partition coefficient (Wildman–Crippen LogP) is 5.72. The molecule has 0 unspecified atom stereocenters. The van der Waals surface area contributed by atoms with Crippen molar-refractivity contribution in [3.05, 3.63) is 63.8 Å². The van der Waals surface area contributed by atoms with Gasteiger partial charge in [0.2, 0.25) is 0 Å². The van der Waals surface area contributed by atoms with E-state index in [-0.39, 0.29) is 0 Å². The van der Waals surface area contributed by atoms with Crippen LogP contribution >= 0.6 is 22.9 Å². The van der Waals surface area contributed by atoms with Gasteiger partial charge in [0.25, 0.3) is 0 Å². The van der Waals surface area contributed by atoms with Crippen LogP contribution in [0.4, 0.5) is 11.5 Å². The molecule has 0 spiro atoms. The molecular weight excluding hydrogens is 326 g/mol. The number of nitrogens with zero attached hydrogens (tertiary/aromatic N) is 2. The first kappa shape index (κ1) is 14.0. The Kier molecular flexibility index (Phi) is 3.38. The molecule has 2 heterocycles. The lowest BCUT2D eigenvalue weighted by molar-refractivity contribution is 1.39. The molecule has 110 valence electrons. The summed E-state index contributed by atoms with van der Waals surface area (Å²) in [6, 6.07) is 15.3. The summed E-state index contributed by atoms with van der Waals surface area (Å²) in [6.45, 7) is 0. The van der Waals surface area contributed by atoms with E-state index in [1.165, 1.54) is 0 Å². The number of halogens is 1. The highest BCUT2D eigenvalue weighted by atomic mass is 35.5. The van der Waals surface area contributed by atoms with Crippen LogP contribution in [0.5, 0.6) is 0 Å². The van der Waals surface area contributed by atoms with Crippen molar-refractivity contribution in [1.82, 2.24) is 4.98 Å². The van der Waals surface area contributed by atoms with Gasteiger partial charge in [-0.3, -0.25) is 0 Å². The second-order valence-electron chi connectivity index (χ2n) is 5.14. The van der Waals surface area contributed by atoms with E-state index in [4.69, 9.17) is 21.8 Å². The molecule has 2 aromatic carbocycles. The van der Waals surface area contributed by atoms with E-state index < -0.39 is 0 Å². The number of rotatable bonds is 2. The zero-order valence-corrected chi connectivity index (χ0v) is 13.4. The van der Waals surface area contributed by atoms with E-state index in [9.17, 15) is 0 Å². The van der Waals surface area contributed by atoms with Crippen molar-refractivity contribution in [2.45, 2.75) is 0 Å². The first-order valence-corrected chi connectivity index (χ1v) is 8.29. The lowest BCUT2D eigenvalue weighted by atomic mass is 10.1. The van der Waals surface area contributed by atoms with Crippen LogP contribution < -0.4 is 5.32 Å². The van der Waals surface area contributed by atoms with Crippen LogP contribution in [-0.4, -0.2) is 4.98 Å². The fraction of sp³-hybridized carbons (Fsp3) is 0. The van der Waals surface area contributed by atoms with Gasteiger partial charge in [-0.2, -0.15) is 16.6 Å². The Morgan fingerprint density at radius 1 is 1.00 bits per heavy atom. The second kappa shape index (κ2) is 5.54. The zero-order valence-electron chi connectivity index (χ0n) is 11.9. The molecule has 0 aliphatic heterocycles. The molecule has 0 aliphatic rings. The molecule has 1 N–H and O–H groups in total. The van der Waals surface area contributed by atoms with Gasteiger partial charge in [0.05, 0.1) is 17.1 Å². The Bertz CT molecular complexity index is 1060. The van der Waals surface area contributed by atoms with Gasteiger partial charge in [0.15, 0.2) is 0 Å². The lowest BCUT2D eigenvalue weighted by Gasteiger charge is -2.09. The highest BCUT2D eigenvalue weighted by Crippen LogP contribution is 2.34. The van der Waals surface area contributed by atoms with Gasteiger partial charge in [-0.1, -0.05) is 17.7 Å². The van der Waals surface area contributed by atoms with Crippen LogP contribution in [0.25, 0.3) is 21.7 Å². The molecule has 3 nitrogen and oxygen atoms in total. The Morgan fingerprint density at radius 2 is 1.78 bits per heavy atom. The molecule has 0 atom stereocenters. The molecular formula is C18H10ClN3S. The molecule has 0 saturated carbocycles. The third-order valence-electron chi connectivity index (χ3n) is 3.67. The summed E-state index contributed by atoms with van der Waals surface area (Å²) in [4.78, 5) is 4.71. The minimum absolute atomic E-state index is 0.608. The highest BCUT2D eigenvalue weighted by Gasteiger charge is 2.10. The summed E-state index contributed by atoms with van der Waals surface area (Å²) in [5.41, 5.74) is 2.34. The summed E-state index contributed by atoms with van der Waals surface area (Å²) >= 11 is 7.57. The minimum Gasteiger partial charge on any atom is -0.340 e. The number of pyridine rings is 1. The standard InChI is InChI=1S/C18H10ClN3S/c19-12-2-4-13(5-3-12)21-18-16-10-23-9-15(16)14-6-1-11(8-20)7-17(14)22-18/h1-7,9-10H,(H,21,22). The predicted molar refractivity (Wildman–Crippen MR) is 96.6 cm³/mol. The van der Waals surface area contributed by atoms with Crippen molar-refractivity contribution in [1.29, 1.82) is 5.26 Å². The number of thiophene rings is 1. The van der Waals surface area contributed by atoms with Gasteiger partial charge in [0.1, 0.15) is 5.82 Å². The first-order chi connectivity index (χ1) is 11.2. The van der Waals surface area contributed by atoms with Crippen LogP contribution in [0, 0.1) is 11.3 Å². The molecule has 23 heavy (non-hydrogen) atoms. The van der Waals surface area contributed by atoms with Crippen LogP contribution in [0.2, 0.25) is 5.02 Å². The van der Waals surface area contributed by atoms with Gasteiger partial charge >= 0.3 is 0 Å². The lowest BCUT2D eigenvalue weighted by Crippen LogP contribution is -1.95. The smallest absolute Gasteiger partial charge is 0.139 e. The zero-order chi connectivity index (χ0) is 15.8. The summed E-state index contributed by atoms with van der Waals surface area (Å²) in [5, 5.41) is 20.6. The molecule has 4 aromatic rings. The molecule has 0 aliphatic carbocycles. The molecule has 5 heteroatoms. The summed E-state index contributed by atoms with van der Waals surface area (Å²) < 4.78 is 0. The maximum absolute atomic E-state index is 9.10. The van der Waals surface area contributed by atoms with E-state index >= 15 is 0 Å². The van der Waals surface area contributed by atoms with Crippen LogP contribution in [0.1, 0.15) is 5.56 Å². The Labute approximate surface area is 141 Å². The van der Waals surface area contributed by atoms with E-state index in [1.54, 1.807) is 11.3 Å². The SMILES string of the molecule is N#Cc1ccc2c(c1)nc(Nc1ccc(Cl)cc1)c1cscc12. The highest BCUT2D eigenvalue weighted by molar-refractivity contribution is 7.09. The topological polar surface area (TPSA) is 48.7 Å². The average Bonchev–Trinajstić information content (AvgIpc) is 3.06. The number of hydrogen-bond acceptors (Lipinski definition) is 4. The van der Waals surface area contributed by atoms with Crippen molar-refractivity contribution < 1.29 is 0 Å². The third-order valence-corrected chi connectivity index (χ3v) is 4.67. The maximum atomic E-state index is 9.10. The number of benzene rings is 2. The minimum atomic E-state index is 0.608. The fourth-order valence-electron chi connectivity index (χ4n) is 2.56. The van der Waals surface area contributed by atoms with Crippen LogP contribution in [0.15, 0.2) is 53.2 Å². The third kappa shape index (κ3) is 2.50. The molecule has 4 rings (SSSR count). The van der Waals surface area contributed by atoms with Gasteiger partial charge < -0.3 is 5.32 Å². The normalized spacial score (nSPS) is 10.8. The van der Waals surface area contributed by atoms with E-state index in [0.717, 1.165) is 33.2 Å². The largest absolute Gasteiger partial charge is 0.340 e. The Morgan fingerprint density at radius 3 is 2.57 bits per heavy atom. The molecule has 0 saturated heterocycles. The van der Waals surface area contributed by atoms with E-state index in [2.05, 4.69) is 22.1 Å². The Balaban J connectivity index is 1.91. The quantitative estimate of drug-likeness (QED) is 0.509. The van der Waals surface area contributed by atoms with Gasteiger partial charge in [-0.05, 0) is 41.8 Å². The Hall–Kier alpha value is -2.61. The number of fused-ring (bicyclic) bond motifs is 3. The monoisotopic (exact) mass is 335 g/mol. The van der Waals surface area contributed by atoms with Gasteiger partial charge in [0, 0.05) is 32.2 Å². The summed E-state index contributed by atoms with van der Waals surface area (Å²) in [7, 11) is 0. The molecule has 0 bridgehead atoms. The fourth-order valence-corrected chi connectivity index (χ4v) is 3.52. The van der Waals surface area contributed by atoms with Crippen LogP contribution in [0.3, 0.4) is 0 Å². The molecule has 0 radical (unpaired) electrons. The number of nitriles is 1. The number of anilines is 2. The number of aromatic nitrogens is 1. The van der Waals surface area contributed by atoms with Crippen molar-refractivity contribution >= 4 is 56.1 Å². The van der Waals surface area contributed by atoms with Crippen molar-refractivity contribution in [3.8, 4) is 6.07 Å². The van der Waals surface area contributed by atoms with E-state index in [1.807, 2.05) is 42.5 Å². The molecule has 0 fully saturated rings. The number of hydrogen-bond donors (Lipinski definition) is 1.